The highest BCUT2D eigenvalue weighted by molar-refractivity contribution is 6.02. The lowest BCUT2D eigenvalue weighted by Gasteiger charge is -2.35. The molecule has 1 saturated carbocycles. The maximum absolute atomic E-state index is 13.7. The average Bonchev–Trinajstić information content (AvgIpc) is 3.48. The van der Waals surface area contributed by atoms with Crippen LogP contribution in [0, 0.1) is 17.8 Å². The Bertz CT molecular complexity index is 1070. The van der Waals surface area contributed by atoms with Crippen LogP contribution in [0.5, 0.6) is 5.75 Å². The predicted octanol–water partition coefficient (Wildman–Crippen LogP) is 2.67. The van der Waals surface area contributed by atoms with Gasteiger partial charge in [-0.3, -0.25) is 14.4 Å². The molecule has 3 aliphatic heterocycles. The molecular formula is C27H33N3O5. The summed E-state index contributed by atoms with van der Waals surface area (Å²) in [4.78, 5) is 42.3. The molecular weight excluding hydrogens is 446 g/mol. The van der Waals surface area contributed by atoms with Crippen LogP contribution in [-0.4, -0.2) is 60.1 Å². The summed E-state index contributed by atoms with van der Waals surface area (Å²) in [7, 11) is 1.56. The Balaban J connectivity index is 1.42. The van der Waals surface area contributed by atoms with Gasteiger partial charge in [0.25, 0.3) is 0 Å². The number of fused-ring (bicyclic) bond motifs is 1. The van der Waals surface area contributed by atoms with Gasteiger partial charge in [0.1, 0.15) is 17.4 Å². The lowest BCUT2D eigenvalue weighted by Crippen LogP contribution is -2.57. The molecule has 5 rings (SSSR count). The lowest BCUT2D eigenvalue weighted by molar-refractivity contribution is -0.141. The second kappa shape index (κ2) is 9.15. The molecule has 0 unspecified atom stereocenters. The topological polar surface area (TPSA) is 97.0 Å². The highest BCUT2D eigenvalue weighted by Crippen LogP contribution is 2.55. The Kier molecular flexibility index (Phi) is 6.17. The number of hydrogen-bond acceptors (Lipinski definition) is 5. The van der Waals surface area contributed by atoms with E-state index in [0.717, 1.165) is 19.3 Å². The van der Waals surface area contributed by atoms with Gasteiger partial charge in [0.05, 0.1) is 25.0 Å². The van der Waals surface area contributed by atoms with Crippen LogP contribution in [0.3, 0.4) is 0 Å². The molecule has 8 nitrogen and oxygen atoms in total. The molecule has 0 aromatic heterocycles. The summed E-state index contributed by atoms with van der Waals surface area (Å²) in [5, 5.41) is 6.12. The largest absolute Gasteiger partial charge is 0.497 e. The number of hydrogen-bond donors (Lipinski definition) is 2. The number of carbonyl (C=O) groups excluding carboxylic acids is 3. The van der Waals surface area contributed by atoms with E-state index < -0.39 is 29.6 Å². The van der Waals surface area contributed by atoms with Crippen LogP contribution in [0.25, 0.3) is 0 Å². The number of amides is 3. The molecule has 3 fully saturated rings. The zero-order valence-corrected chi connectivity index (χ0v) is 20.2. The summed E-state index contributed by atoms with van der Waals surface area (Å²) in [6.45, 7) is 6.15. The molecule has 2 bridgehead atoms. The van der Waals surface area contributed by atoms with Gasteiger partial charge < -0.3 is 25.0 Å². The van der Waals surface area contributed by atoms with Gasteiger partial charge in [0.15, 0.2) is 0 Å². The first kappa shape index (κ1) is 23.6. The van der Waals surface area contributed by atoms with Crippen molar-refractivity contribution in [2.45, 2.75) is 56.4 Å². The van der Waals surface area contributed by atoms with E-state index in [2.05, 4.69) is 24.1 Å². The number of likely N-dealkylation sites (tertiary alicyclic amines) is 1. The van der Waals surface area contributed by atoms with Crippen molar-refractivity contribution in [2.24, 2.45) is 17.8 Å². The molecule has 7 atom stereocenters. The normalized spacial score (nSPS) is 35.0. The zero-order chi connectivity index (χ0) is 24.7. The summed E-state index contributed by atoms with van der Waals surface area (Å²) in [5.41, 5.74) is -0.590. The quantitative estimate of drug-likeness (QED) is 0.586. The van der Waals surface area contributed by atoms with Crippen molar-refractivity contribution < 1.29 is 23.9 Å². The van der Waals surface area contributed by atoms with Crippen LogP contribution in [0.4, 0.5) is 5.69 Å². The molecule has 1 spiro atoms. The number of nitrogens with zero attached hydrogens (tertiary/aromatic N) is 1. The molecule has 2 saturated heterocycles. The van der Waals surface area contributed by atoms with E-state index in [-0.39, 0.29) is 30.3 Å². The van der Waals surface area contributed by atoms with Crippen LogP contribution in [-0.2, 0) is 19.1 Å². The van der Waals surface area contributed by atoms with Crippen molar-refractivity contribution in [1.29, 1.82) is 0 Å². The minimum Gasteiger partial charge on any atom is -0.497 e. The van der Waals surface area contributed by atoms with Gasteiger partial charge in [-0.25, -0.2) is 0 Å². The van der Waals surface area contributed by atoms with Crippen LogP contribution in [0.2, 0.25) is 0 Å². The van der Waals surface area contributed by atoms with Gasteiger partial charge in [0, 0.05) is 24.3 Å². The maximum atomic E-state index is 13.7. The van der Waals surface area contributed by atoms with Gasteiger partial charge in [-0.15, -0.1) is 6.58 Å². The van der Waals surface area contributed by atoms with E-state index in [1.165, 1.54) is 11.3 Å². The molecule has 8 heteroatoms. The second-order valence-corrected chi connectivity index (χ2v) is 10.1. The summed E-state index contributed by atoms with van der Waals surface area (Å²) in [5.74, 6) is -1.30. The highest BCUT2D eigenvalue weighted by Gasteiger charge is 2.72. The number of methoxy groups -OCH3 is 1. The smallest absolute Gasteiger partial charge is 0.246 e. The van der Waals surface area contributed by atoms with E-state index in [1.54, 1.807) is 37.5 Å². The van der Waals surface area contributed by atoms with Crippen LogP contribution < -0.4 is 15.4 Å². The standard InChI is InChI=1S/C27H33N3O5/c1-4-14-30-23(25(32)29-19-11-6-5-8-16(19)2)27-13-12-20(35-27)21(22(27)26(30)33)24(31)28-17-9-7-10-18(15-17)34-3/h4,7,9-10,12-13,15-16,19-23H,1,5-6,8,11,14H2,2-3H3,(H,28,31)(H,29,32)/t16-,19-,20+,21+,22+,23-,27-/m0/s1. The number of benzene rings is 1. The molecule has 3 heterocycles. The van der Waals surface area contributed by atoms with Crippen molar-refractivity contribution in [3.63, 3.8) is 0 Å². The third-order valence-corrected chi connectivity index (χ3v) is 8.03. The van der Waals surface area contributed by atoms with E-state index in [4.69, 9.17) is 9.47 Å². The van der Waals surface area contributed by atoms with E-state index in [9.17, 15) is 14.4 Å². The van der Waals surface area contributed by atoms with Crippen molar-refractivity contribution in [3.8, 4) is 5.75 Å². The predicted molar refractivity (Wildman–Crippen MR) is 131 cm³/mol. The van der Waals surface area contributed by atoms with Crippen molar-refractivity contribution in [1.82, 2.24) is 10.2 Å². The molecule has 35 heavy (non-hydrogen) atoms. The molecule has 1 aromatic carbocycles. The van der Waals surface area contributed by atoms with E-state index in [1.807, 2.05) is 12.2 Å². The van der Waals surface area contributed by atoms with Gasteiger partial charge >= 0.3 is 0 Å². The first-order valence-electron chi connectivity index (χ1n) is 12.4. The van der Waals surface area contributed by atoms with Crippen molar-refractivity contribution >= 4 is 23.4 Å². The monoisotopic (exact) mass is 479 g/mol. The summed E-state index contributed by atoms with van der Waals surface area (Å²) in [6, 6.07) is 6.29. The zero-order valence-electron chi connectivity index (χ0n) is 20.2. The van der Waals surface area contributed by atoms with E-state index in [0.29, 0.717) is 17.4 Å². The number of anilines is 1. The molecule has 3 amide bonds. The molecule has 2 N–H and O–H groups in total. The summed E-state index contributed by atoms with van der Waals surface area (Å²) < 4.78 is 11.6. The van der Waals surface area contributed by atoms with Gasteiger partial charge in [-0.05, 0) is 30.9 Å². The van der Waals surface area contributed by atoms with Gasteiger partial charge in [0.2, 0.25) is 17.7 Å². The van der Waals surface area contributed by atoms with Crippen molar-refractivity contribution in [3.05, 3.63) is 49.1 Å². The molecule has 1 aliphatic carbocycles. The minimum absolute atomic E-state index is 0.0714. The van der Waals surface area contributed by atoms with Crippen LogP contribution in [0.1, 0.15) is 32.6 Å². The van der Waals surface area contributed by atoms with Gasteiger partial charge in [-0.2, -0.15) is 0 Å². The lowest BCUT2D eigenvalue weighted by atomic mass is 9.74. The Hall–Kier alpha value is -3.13. The number of carbonyl (C=O) groups is 3. The number of ether oxygens (including phenoxy) is 2. The van der Waals surface area contributed by atoms with Crippen LogP contribution in [0.15, 0.2) is 49.1 Å². The SMILES string of the molecule is C=CCN1C(=O)[C@H]2[C@H](C(=O)Nc3cccc(OC)c3)[C@H]3C=C[C@@]2(O3)[C@@H]1C(=O)N[C@H]1CCCC[C@@H]1C. The summed E-state index contributed by atoms with van der Waals surface area (Å²) in [6.07, 6.45) is 8.94. The first-order chi connectivity index (χ1) is 16.9. The fourth-order valence-electron chi connectivity index (χ4n) is 6.32. The molecule has 1 aromatic rings. The molecule has 0 radical (unpaired) electrons. The Morgan fingerprint density at radius 3 is 2.83 bits per heavy atom. The Labute approximate surface area is 205 Å². The van der Waals surface area contributed by atoms with Crippen LogP contribution >= 0.6 is 0 Å². The second-order valence-electron chi connectivity index (χ2n) is 10.1. The van der Waals surface area contributed by atoms with Crippen molar-refractivity contribution in [2.75, 3.05) is 19.0 Å². The Morgan fingerprint density at radius 2 is 2.09 bits per heavy atom. The third-order valence-electron chi connectivity index (χ3n) is 8.03. The molecule has 4 aliphatic rings. The summed E-state index contributed by atoms with van der Waals surface area (Å²) >= 11 is 0. The maximum Gasteiger partial charge on any atom is 0.246 e. The van der Waals surface area contributed by atoms with Gasteiger partial charge in [-0.1, -0.05) is 44.1 Å². The average molecular weight is 480 g/mol. The highest BCUT2D eigenvalue weighted by atomic mass is 16.5. The fraction of sp³-hybridized carbons (Fsp3) is 0.519. The Morgan fingerprint density at radius 1 is 1.29 bits per heavy atom. The minimum atomic E-state index is -1.16. The third kappa shape index (κ3) is 3.84. The molecule has 186 valence electrons. The fourth-order valence-corrected chi connectivity index (χ4v) is 6.32. The number of rotatable bonds is 7. The first-order valence-corrected chi connectivity index (χ1v) is 12.4. The number of nitrogens with one attached hydrogen (secondary N) is 2. The van der Waals surface area contributed by atoms with E-state index >= 15 is 0 Å².